The van der Waals surface area contributed by atoms with E-state index in [-0.39, 0.29) is 5.04 Å². The van der Waals surface area contributed by atoms with Crippen LogP contribution in [0.4, 0.5) is 0 Å². The summed E-state index contributed by atoms with van der Waals surface area (Å²) in [5.74, 6) is 2.78. The van der Waals surface area contributed by atoms with Crippen molar-refractivity contribution in [1.29, 1.82) is 0 Å². The van der Waals surface area contributed by atoms with Gasteiger partial charge < -0.3 is 19.0 Å². The zero-order chi connectivity index (χ0) is 37.0. The zero-order valence-corrected chi connectivity index (χ0v) is 34.3. The highest BCUT2D eigenvalue weighted by molar-refractivity contribution is 6.99. The molecule has 0 spiro atoms. The lowest BCUT2D eigenvalue weighted by Gasteiger charge is -2.43. The summed E-state index contributed by atoms with van der Waals surface area (Å²) in [6.07, 6.45) is 12.2. The molecule has 0 bridgehead atoms. The van der Waals surface area contributed by atoms with Crippen LogP contribution >= 0.6 is 0 Å². The van der Waals surface area contributed by atoms with E-state index in [1.165, 1.54) is 68.2 Å². The molecule has 0 aliphatic heterocycles. The van der Waals surface area contributed by atoms with Gasteiger partial charge in [0.05, 0.1) is 19.8 Å². The maximum absolute atomic E-state index is 10.1. The topological polar surface area (TPSA) is 47.9 Å². The minimum Gasteiger partial charge on any atom is -0.407 e. The van der Waals surface area contributed by atoms with Gasteiger partial charge in [0.25, 0.3) is 8.32 Å². The first-order chi connectivity index (χ1) is 24.5. The Balaban J connectivity index is 1.24. The molecule has 284 valence electrons. The third kappa shape index (κ3) is 15.7. The van der Waals surface area contributed by atoms with Gasteiger partial charge in [-0.25, -0.2) is 0 Å². The molecule has 3 aromatic carbocycles. The summed E-state index contributed by atoms with van der Waals surface area (Å²) in [5.41, 5.74) is 1.12. The van der Waals surface area contributed by atoms with Crippen molar-refractivity contribution in [2.24, 2.45) is 23.7 Å². The van der Waals surface area contributed by atoms with E-state index in [9.17, 15) is 5.11 Å². The Morgan fingerprint density at radius 2 is 0.941 bits per heavy atom. The van der Waals surface area contributed by atoms with E-state index in [0.29, 0.717) is 38.3 Å². The van der Waals surface area contributed by atoms with E-state index >= 15 is 0 Å². The van der Waals surface area contributed by atoms with Gasteiger partial charge in [0.1, 0.15) is 6.10 Å². The zero-order valence-electron chi connectivity index (χ0n) is 33.3. The Morgan fingerprint density at radius 1 is 0.529 bits per heavy atom. The van der Waals surface area contributed by atoms with E-state index in [1.807, 2.05) is 30.3 Å². The van der Waals surface area contributed by atoms with E-state index in [2.05, 4.69) is 109 Å². The molecule has 0 heterocycles. The van der Waals surface area contributed by atoms with Crippen molar-refractivity contribution in [2.75, 3.05) is 26.4 Å². The highest BCUT2D eigenvalue weighted by atomic mass is 28.4. The minimum absolute atomic E-state index is 0.0267. The third-order valence-electron chi connectivity index (χ3n) is 10.7. The van der Waals surface area contributed by atoms with Gasteiger partial charge in [0.15, 0.2) is 0 Å². The molecule has 0 unspecified atom stereocenters. The van der Waals surface area contributed by atoms with Gasteiger partial charge in [-0.1, -0.05) is 191 Å². The van der Waals surface area contributed by atoms with E-state index < -0.39 is 14.4 Å². The van der Waals surface area contributed by atoms with Gasteiger partial charge in [-0.05, 0) is 57.5 Å². The Bertz CT molecular complexity index is 1240. The molecule has 1 N–H and O–H groups in total. The SMILES string of the molecule is C[C@H](CCC[C@H](C)CCC[C@H](C)CO[Si](c1ccccc1)(c1ccccc1)C(C)(C)C)CCC[C@@H](C)CCOC[C@H](O)COCc1ccccc1. The molecular formula is C46H72O4Si. The quantitative estimate of drug-likeness (QED) is 0.0664. The molecule has 4 nitrogen and oxygen atoms in total. The molecular weight excluding hydrogens is 645 g/mol. The Labute approximate surface area is 313 Å². The van der Waals surface area contributed by atoms with Crippen LogP contribution in [0.5, 0.6) is 0 Å². The summed E-state index contributed by atoms with van der Waals surface area (Å²) in [6.45, 7) is 19.4. The third-order valence-corrected chi connectivity index (χ3v) is 15.7. The average Bonchev–Trinajstić information content (AvgIpc) is 3.11. The predicted octanol–water partition coefficient (Wildman–Crippen LogP) is 10.6. The highest BCUT2D eigenvalue weighted by Crippen LogP contribution is 2.37. The van der Waals surface area contributed by atoms with Crippen molar-refractivity contribution in [2.45, 2.75) is 130 Å². The fraction of sp³-hybridized carbons (Fsp3) is 0.609. The first kappa shape index (κ1) is 43.1. The minimum atomic E-state index is -2.46. The molecule has 0 fully saturated rings. The van der Waals surface area contributed by atoms with Crippen LogP contribution < -0.4 is 10.4 Å². The molecule has 5 heteroatoms. The Hall–Kier alpha value is -2.28. The van der Waals surface area contributed by atoms with Crippen LogP contribution in [-0.4, -0.2) is 46.0 Å². The molecule has 51 heavy (non-hydrogen) atoms. The maximum Gasteiger partial charge on any atom is 0.261 e. The monoisotopic (exact) mass is 717 g/mol. The standard InChI is InChI=1S/C46H72O4Si/c1-38(22-18-24-40(3)32-33-48-36-43(47)37-49-35-42-26-11-8-12-27-42)20-17-21-39(2)23-19-25-41(4)34-50-51(46(5,6)7,44-28-13-9-14-29-44)45-30-15-10-16-31-45/h8-16,26-31,38-41,43,47H,17-25,32-37H2,1-7H3/t38-,39+,40-,41+,43+/m1/s1. The maximum atomic E-state index is 10.1. The Morgan fingerprint density at radius 3 is 1.41 bits per heavy atom. The lowest BCUT2D eigenvalue weighted by Crippen LogP contribution is -2.66. The van der Waals surface area contributed by atoms with Crippen LogP contribution in [0.2, 0.25) is 5.04 Å². The first-order valence-electron chi connectivity index (χ1n) is 20.1. The number of benzene rings is 3. The molecule has 0 saturated carbocycles. The van der Waals surface area contributed by atoms with Crippen LogP contribution in [0.25, 0.3) is 0 Å². The summed E-state index contributed by atoms with van der Waals surface area (Å²) in [4.78, 5) is 0. The van der Waals surface area contributed by atoms with Crippen molar-refractivity contribution in [3.63, 3.8) is 0 Å². The summed E-state index contributed by atoms with van der Waals surface area (Å²) in [7, 11) is -2.46. The second kappa shape index (κ2) is 23.4. The van der Waals surface area contributed by atoms with Crippen LogP contribution in [0, 0.1) is 23.7 Å². The number of aliphatic hydroxyl groups excluding tert-OH is 1. The normalized spacial score (nSPS) is 15.3. The first-order valence-corrected chi connectivity index (χ1v) is 22.0. The molecule has 5 atom stereocenters. The van der Waals surface area contributed by atoms with Gasteiger partial charge in [-0.2, -0.15) is 0 Å². The van der Waals surface area contributed by atoms with Gasteiger partial charge in [-0.3, -0.25) is 0 Å². The number of ether oxygens (including phenoxy) is 2. The van der Waals surface area contributed by atoms with Gasteiger partial charge in [-0.15, -0.1) is 0 Å². The van der Waals surface area contributed by atoms with Crippen molar-refractivity contribution < 1.29 is 19.0 Å². The second-order valence-corrected chi connectivity index (χ2v) is 21.0. The molecule has 0 aliphatic carbocycles. The predicted molar refractivity (Wildman–Crippen MR) is 219 cm³/mol. The molecule has 0 aromatic heterocycles. The number of aliphatic hydroxyl groups is 1. The lowest BCUT2D eigenvalue weighted by molar-refractivity contribution is -0.0253. The Kier molecular flexibility index (Phi) is 19.8. The van der Waals surface area contributed by atoms with Crippen molar-refractivity contribution in [3.8, 4) is 0 Å². The number of hydrogen-bond acceptors (Lipinski definition) is 4. The molecule has 0 radical (unpaired) electrons. The van der Waals surface area contributed by atoms with Crippen LogP contribution in [0.3, 0.4) is 0 Å². The largest absolute Gasteiger partial charge is 0.407 e. The fourth-order valence-corrected chi connectivity index (χ4v) is 12.1. The molecule has 3 aromatic rings. The summed E-state index contributed by atoms with van der Waals surface area (Å²) >= 11 is 0. The van der Waals surface area contributed by atoms with Crippen molar-refractivity contribution in [3.05, 3.63) is 96.6 Å². The van der Waals surface area contributed by atoms with E-state index in [0.717, 1.165) is 30.4 Å². The molecule has 0 aliphatic rings. The van der Waals surface area contributed by atoms with Crippen molar-refractivity contribution >= 4 is 18.7 Å². The van der Waals surface area contributed by atoms with E-state index in [4.69, 9.17) is 13.9 Å². The fourth-order valence-electron chi connectivity index (χ4n) is 7.43. The van der Waals surface area contributed by atoms with Gasteiger partial charge in [0.2, 0.25) is 0 Å². The van der Waals surface area contributed by atoms with Crippen molar-refractivity contribution in [1.82, 2.24) is 0 Å². The summed E-state index contributed by atoms with van der Waals surface area (Å²) in [5, 5.41) is 12.9. The second-order valence-electron chi connectivity index (χ2n) is 16.7. The van der Waals surface area contributed by atoms with Crippen LogP contribution in [0.1, 0.15) is 118 Å². The lowest BCUT2D eigenvalue weighted by atomic mass is 9.91. The number of rotatable bonds is 26. The van der Waals surface area contributed by atoms with Gasteiger partial charge >= 0.3 is 0 Å². The molecule has 3 rings (SSSR count). The smallest absolute Gasteiger partial charge is 0.261 e. The molecule has 0 amide bonds. The summed E-state index contributed by atoms with van der Waals surface area (Å²) in [6, 6.07) is 32.1. The van der Waals surface area contributed by atoms with Crippen LogP contribution in [-0.2, 0) is 20.5 Å². The average molecular weight is 717 g/mol. The number of hydrogen-bond donors (Lipinski definition) is 1. The summed E-state index contributed by atoms with van der Waals surface area (Å²) < 4.78 is 18.6. The van der Waals surface area contributed by atoms with Gasteiger partial charge in [0, 0.05) is 13.2 Å². The molecule has 0 saturated heterocycles. The van der Waals surface area contributed by atoms with E-state index in [1.54, 1.807) is 0 Å². The highest BCUT2D eigenvalue weighted by Gasteiger charge is 2.50. The van der Waals surface area contributed by atoms with Crippen LogP contribution in [0.15, 0.2) is 91.0 Å².